The van der Waals surface area contributed by atoms with Crippen molar-refractivity contribution in [1.82, 2.24) is 15.3 Å². The molecule has 7 nitrogen and oxygen atoms in total. The lowest BCUT2D eigenvalue weighted by molar-refractivity contribution is 0.0938. The molecule has 1 atom stereocenters. The Morgan fingerprint density at radius 2 is 2.04 bits per heavy atom. The van der Waals surface area contributed by atoms with E-state index in [1.807, 2.05) is 31.2 Å². The quantitative estimate of drug-likeness (QED) is 0.706. The third-order valence-corrected chi connectivity index (χ3v) is 6.16. The molecule has 1 amide bonds. The highest BCUT2D eigenvalue weighted by Gasteiger charge is 2.25. The highest BCUT2D eigenvalue weighted by atomic mass is 32.2. The van der Waals surface area contributed by atoms with Crippen LogP contribution in [0.15, 0.2) is 42.5 Å². The first-order valence-corrected chi connectivity index (χ1v) is 11.0. The van der Waals surface area contributed by atoms with Crippen LogP contribution in [0.1, 0.15) is 41.1 Å². The van der Waals surface area contributed by atoms with Crippen LogP contribution in [0.25, 0.3) is 11.0 Å². The Hall–Kier alpha value is -2.87. The van der Waals surface area contributed by atoms with Gasteiger partial charge < -0.3 is 10.3 Å². The van der Waals surface area contributed by atoms with Gasteiger partial charge in [0.25, 0.3) is 5.91 Å². The van der Waals surface area contributed by atoms with Gasteiger partial charge in [-0.3, -0.25) is 9.10 Å². The number of rotatable bonds is 4. The van der Waals surface area contributed by atoms with Gasteiger partial charge in [-0.05, 0) is 55.7 Å². The second-order valence-electron chi connectivity index (χ2n) is 7.12. The van der Waals surface area contributed by atoms with E-state index >= 15 is 0 Å². The van der Waals surface area contributed by atoms with E-state index in [4.69, 9.17) is 0 Å². The second-order valence-corrected chi connectivity index (χ2v) is 9.02. The van der Waals surface area contributed by atoms with E-state index in [0.29, 0.717) is 23.6 Å². The molecule has 0 aliphatic carbocycles. The van der Waals surface area contributed by atoms with Gasteiger partial charge in [0, 0.05) is 12.1 Å². The van der Waals surface area contributed by atoms with Gasteiger partial charge in [-0.15, -0.1) is 0 Å². The summed E-state index contributed by atoms with van der Waals surface area (Å²) in [4.78, 5) is 20.5. The van der Waals surface area contributed by atoms with E-state index in [9.17, 15) is 13.2 Å². The van der Waals surface area contributed by atoms with Gasteiger partial charge in [-0.2, -0.15) is 0 Å². The third-order valence-electron chi connectivity index (χ3n) is 4.98. The van der Waals surface area contributed by atoms with Gasteiger partial charge in [0.1, 0.15) is 5.82 Å². The molecular weight excluding hydrogens is 376 g/mol. The maximum atomic E-state index is 12.7. The minimum absolute atomic E-state index is 0.216. The largest absolute Gasteiger partial charge is 0.342 e. The highest BCUT2D eigenvalue weighted by Crippen LogP contribution is 2.30. The molecule has 8 heteroatoms. The molecule has 146 valence electrons. The summed E-state index contributed by atoms with van der Waals surface area (Å²) in [6, 6.07) is 12.6. The number of amides is 1. The number of aryl methyl sites for hydroxylation is 1. The minimum Gasteiger partial charge on any atom is -0.342 e. The molecule has 1 aliphatic rings. The number of aromatic nitrogens is 2. The van der Waals surface area contributed by atoms with Crippen molar-refractivity contribution in [3.05, 3.63) is 59.4 Å². The van der Waals surface area contributed by atoms with Crippen molar-refractivity contribution in [2.24, 2.45) is 0 Å². The SMILES string of the molecule is CC(NC(=O)c1ccc2c(c1)CCCN2S(C)(=O)=O)c1nc2ccccc2[nH]1. The average Bonchev–Trinajstić information content (AvgIpc) is 3.10. The fraction of sp³-hybridized carbons (Fsp3) is 0.300. The molecule has 28 heavy (non-hydrogen) atoms. The number of carbonyl (C=O) groups excluding carboxylic acids is 1. The summed E-state index contributed by atoms with van der Waals surface area (Å²) >= 11 is 0. The van der Waals surface area contributed by atoms with Crippen molar-refractivity contribution >= 4 is 32.7 Å². The van der Waals surface area contributed by atoms with Crippen LogP contribution in [0.5, 0.6) is 0 Å². The van der Waals surface area contributed by atoms with Crippen molar-refractivity contribution < 1.29 is 13.2 Å². The Balaban J connectivity index is 1.55. The summed E-state index contributed by atoms with van der Waals surface area (Å²) in [7, 11) is -3.32. The van der Waals surface area contributed by atoms with Gasteiger partial charge in [0.15, 0.2) is 0 Å². The van der Waals surface area contributed by atoms with Gasteiger partial charge in [0.2, 0.25) is 10.0 Å². The Morgan fingerprint density at radius 1 is 1.25 bits per heavy atom. The van der Waals surface area contributed by atoms with Crippen LogP contribution in [-0.4, -0.2) is 37.1 Å². The van der Waals surface area contributed by atoms with E-state index in [1.165, 1.54) is 10.6 Å². The molecule has 0 saturated carbocycles. The number of nitrogens with one attached hydrogen (secondary N) is 2. The number of anilines is 1. The molecule has 0 spiro atoms. The maximum absolute atomic E-state index is 12.7. The van der Waals surface area contributed by atoms with Gasteiger partial charge in [-0.1, -0.05) is 12.1 Å². The summed E-state index contributed by atoms with van der Waals surface area (Å²) < 4.78 is 25.4. The summed E-state index contributed by atoms with van der Waals surface area (Å²) in [5.74, 6) is 0.475. The number of benzene rings is 2. The number of hydrogen-bond acceptors (Lipinski definition) is 4. The number of para-hydroxylation sites is 2. The average molecular weight is 398 g/mol. The Labute approximate surface area is 163 Å². The summed E-state index contributed by atoms with van der Waals surface area (Å²) in [5.41, 5.74) is 3.83. The molecule has 3 aromatic rings. The lowest BCUT2D eigenvalue weighted by Crippen LogP contribution is -2.35. The number of carbonyl (C=O) groups is 1. The van der Waals surface area contributed by atoms with Gasteiger partial charge in [-0.25, -0.2) is 13.4 Å². The summed E-state index contributed by atoms with van der Waals surface area (Å²) in [6.45, 7) is 2.35. The predicted octanol–water partition coefficient (Wildman–Crippen LogP) is 2.77. The Kier molecular flexibility index (Phi) is 4.58. The molecule has 1 aliphatic heterocycles. The molecule has 1 unspecified atom stereocenters. The number of fused-ring (bicyclic) bond motifs is 2. The normalized spacial score (nSPS) is 15.3. The second kappa shape index (κ2) is 6.94. The van der Waals surface area contributed by atoms with Crippen molar-refractivity contribution in [2.45, 2.75) is 25.8 Å². The molecule has 2 N–H and O–H groups in total. The topological polar surface area (TPSA) is 95.2 Å². The Bertz CT molecular complexity index is 1120. The number of hydrogen-bond donors (Lipinski definition) is 2. The van der Waals surface area contributed by atoms with Crippen molar-refractivity contribution in [3.8, 4) is 0 Å². The first-order chi connectivity index (χ1) is 13.3. The van der Waals surface area contributed by atoms with Gasteiger partial charge >= 0.3 is 0 Å². The minimum atomic E-state index is -3.32. The standard InChI is InChI=1S/C20H22N4O3S/c1-13(19-22-16-7-3-4-8-17(16)23-19)21-20(25)15-9-10-18-14(12-15)6-5-11-24(18)28(2,26)27/h3-4,7-10,12-13H,5-6,11H2,1-2H3,(H,21,25)(H,22,23). The predicted molar refractivity (Wildman–Crippen MR) is 109 cm³/mol. The molecule has 0 bridgehead atoms. The third kappa shape index (κ3) is 3.47. The van der Waals surface area contributed by atoms with Crippen LogP contribution >= 0.6 is 0 Å². The fourth-order valence-electron chi connectivity index (χ4n) is 3.57. The number of sulfonamides is 1. The van der Waals surface area contributed by atoms with E-state index in [2.05, 4.69) is 15.3 Å². The van der Waals surface area contributed by atoms with E-state index in [-0.39, 0.29) is 11.9 Å². The summed E-state index contributed by atoms with van der Waals surface area (Å²) in [6.07, 6.45) is 2.69. The molecular formula is C20H22N4O3S. The van der Waals surface area contributed by atoms with Crippen LogP contribution in [0.4, 0.5) is 5.69 Å². The lowest BCUT2D eigenvalue weighted by atomic mass is 10.0. The van der Waals surface area contributed by atoms with Crippen LogP contribution in [-0.2, 0) is 16.4 Å². The number of H-pyrrole nitrogens is 1. The molecule has 1 aromatic heterocycles. The zero-order valence-corrected chi connectivity index (χ0v) is 16.6. The molecule has 2 aromatic carbocycles. The first kappa shape index (κ1) is 18.5. The van der Waals surface area contributed by atoms with Crippen molar-refractivity contribution in [1.29, 1.82) is 0 Å². The van der Waals surface area contributed by atoms with E-state index in [1.54, 1.807) is 18.2 Å². The smallest absolute Gasteiger partial charge is 0.251 e. The van der Waals surface area contributed by atoms with Crippen LogP contribution in [0, 0.1) is 0 Å². The monoisotopic (exact) mass is 398 g/mol. The molecule has 0 radical (unpaired) electrons. The van der Waals surface area contributed by atoms with Gasteiger partial charge in [0.05, 0.1) is 29.0 Å². The lowest BCUT2D eigenvalue weighted by Gasteiger charge is -2.29. The number of imidazole rings is 1. The fourth-order valence-corrected chi connectivity index (χ4v) is 4.57. The van der Waals surface area contributed by atoms with E-state index < -0.39 is 10.0 Å². The first-order valence-electron chi connectivity index (χ1n) is 9.19. The van der Waals surface area contributed by atoms with Crippen molar-refractivity contribution in [2.75, 3.05) is 17.1 Å². The summed E-state index contributed by atoms with van der Waals surface area (Å²) in [5, 5.41) is 2.96. The number of aromatic amines is 1. The molecule has 4 rings (SSSR count). The van der Waals surface area contributed by atoms with Crippen LogP contribution < -0.4 is 9.62 Å². The van der Waals surface area contributed by atoms with E-state index in [0.717, 1.165) is 29.4 Å². The Morgan fingerprint density at radius 3 is 2.79 bits per heavy atom. The zero-order chi connectivity index (χ0) is 19.9. The van der Waals surface area contributed by atoms with Crippen molar-refractivity contribution in [3.63, 3.8) is 0 Å². The molecule has 2 heterocycles. The molecule has 0 fully saturated rings. The van der Waals surface area contributed by atoms with Crippen LogP contribution in [0.2, 0.25) is 0 Å². The zero-order valence-electron chi connectivity index (χ0n) is 15.8. The maximum Gasteiger partial charge on any atom is 0.251 e. The highest BCUT2D eigenvalue weighted by molar-refractivity contribution is 7.92. The number of nitrogens with zero attached hydrogens (tertiary/aromatic N) is 2. The van der Waals surface area contributed by atoms with Crippen LogP contribution in [0.3, 0.4) is 0 Å². The molecule has 0 saturated heterocycles.